The van der Waals surface area contributed by atoms with Crippen LogP contribution < -0.4 is 5.32 Å². The maximum Gasteiger partial charge on any atom is 0.274 e. The summed E-state index contributed by atoms with van der Waals surface area (Å²) in [6.45, 7) is 3.74. The van der Waals surface area contributed by atoms with Crippen molar-refractivity contribution in [1.82, 2.24) is 31.1 Å². The molecule has 8 nitrogen and oxygen atoms in total. The predicted octanol–water partition coefficient (Wildman–Crippen LogP) is 0.767. The van der Waals surface area contributed by atoms with Crippen LogP contribution in [-0.4, -0.2) is 31.7 Å². The van der Waals surface area contributed by atoms with Gasteiger partial charge < -0.3 is 9.84 Å². The molecule has 0 aromatic carbocycles. The molecule has 0 aliphatic rings. The number of amides is 1. The van der Waals surface area contributed by atoms with Gasteiger partial charge in [0.25, 0.3) is 5.91 Å². The van der Waals surface area contributed by atoms with E-state index < -0.39 is 0 Å². The molecule has 8 heteroatoms. The highest BCUT2D eigenvalue weighted by atomic mass is 16.5. The molecule has 2 N–H and O–H groups in total. The number of carbonyl (C=O) groups is 1. The number of carbonyl (C=O) groups excluding carboxylic acids is 1. The number of rotatable bonds is 5. The van der Waals surface area contributed by atoms with Gasteiger partial charge >= 0.3 is 0 Å². The van der Waals surface area contributed by atoms with Gasteiger partial charge in [0.15, 0.2) is 11.5 Å². The largest absolute Gasteiger partial charge is 0.361 e. The third-order valence-electron chi connectivity index (χ3n) is 2.42. The monoisotopic (exact) mass is 250 g/mol. The van der Waals surface area contributed by atoms with Gasteiger partial charge in [-0.1, -0.05) is 23.7 Å². The fourth-order valence-electron chi connectivity index (χ4n) is 1.58. The molecule has 2 aromatic heterocycles. The van der Waals surface area contributed by atoms with Crippen molar-refractivity contribution in [2.75, 3.05) is 0 Å². The van der Waals surface area contributed by atoms with Gasteiger partial charge in [-0.2, -0.15) is 5.21 Å². The zero-order valence-corrected chi connectivity index (χ0v) is 10.2. The second kappa shape index (κ2) is 5.39. The molecule has 18 heavy (non-hydrogen) atoms. The summed E-state index contributed by atoms with van der Waals surface area (Å²) in [5.74, 6) is 0.743. The Morgan fingerprint density at radius 2 is 2.44 bits per heavy atom. The van der Waals surface area contributed by atoms with Crippen molar-refractivity contribution < 1.29 is 9.32 Å². The summed E-state index contributed by atoms with van der Waals surface area (Å²) in [7, 11) is 0. The maximum absolute atomic E-state index is 11.9. The van der Waals surface area contributed by atoms with Gasteiger partial charge in [-0.25, -0.2) is 0 Å². The van der Waals surface area contributed by atoms with Crippen molar-refractivity contribution in [2.45, 2.75) is 32.7 Å². The molecule has 2 aromatic rings. The van der Waals surface area contributed by atoms with Crippen LogP contribution in [0.15, 0.2) is 10.6 Å². The fraction of sp³-hybridized carbons (Fsp3) is 0.500. The van der Waals surface area contributed by atoms with E-state index in [2.05, 4.69) is 31.1 Å². The standard InChI is InChI=1S/C10H14N6O2/c1-3-4-7(9-12-15-16-13-9)11-10(17)8-5-6(2)18-14-8/h5,7H,3-4H2,1-2H3,(H,11,17)(H,12,13,15,16)/t7-/m1/s1. The van der Waals surface area contributed by atoms with Gasteiger partial charge in [-0.15, -0.1) is 10.2 Å². The molecule has 0 spiro atoms. The lowest BCUT2D eigenvalue weighted by atomic mass is 10.1. The molecule has 0 aliphatic carbocycles. The number of aromatic nitrogens is 5. The summed E-state index contributed by atoms with van der Waals surface area (Å²) in [4.78, 5) is 11.9. The molecule has 0 saturated carbocycles. The summed E-state index contributed by atoms with van der Waals surface area (Å²) >= 11 is 0. The molecule has 0 radical (unpaired) electrons. The minimum atomic E-state index is -0.310. The first-order chi connectivity index (χ1) is 8.70. The van der Waals surface area contributed by atoms with Crippen molar-refractivity contribution in [1.29, 1.82) is 0 Å². The molecule has 0 saturated heterocycles. The molecule has 0 bridgehead atoms. The van der Waals surface area contributed by atoms with Gasteiger partial charge in [-0.3, -0.25) is 4.79 Å². The Labute approximate surface area is 103 Å². The van der Waals surface area contributed by atoms with E-state index in [0.29, 0.717) is 11.6 Å². The third-order valence-corrected chi connectivity index (χ3v) is 2.42. The van der Waals surface area contributed by atoms with Gasteiger partial charge in [0.1, 0.15) is 5.76 Å². The van der Waals surface area contributed by atoms with Crippen LogP contribution in [0.1, 0.15) is 47.9 Å². The topological polar surface area (TPSA) is 110 Å². The molecular weight excluding hydrogens is 236 g/mol. The van der Waals surface area contributed by atoms with Crippen molar-refractivity contribution >= 4 is 5.91 Å². The second-order valence-electron chi connectivity index (χ2n) is 3.91. The SMILES string of the molecule is CCC[C@@H](NC(=O)c1cc(C)on1)c1nn[nH]n1. The van der Waals surface area contributed by atoms with E-state index in [1.807, 2.05) is 6.92 Å². The van der Waals surface area contributed by atoms with Gasteiger partial charge in [-0.05, 0) is 13.3 Å². The minimum absolute atomic E-state index is 0.247. The Bertz CT molecular complexity index is 506. The maximum atomic E-state index is 11.9. The molecule has 0 fully saturated rings. The predicted molar refractivity (Wildman–Crippen MR) is 60.5 cm³/mol. The Hall–Kier alpha value is -2.25. The summed E-state index contributed by atoms with van der Waals surface area (Å²) in [6.07, 6.45) is 1.61. The van der Waals surface area contributed by atoms with Crippen LogP contribution in [0.5, 0.6) is 0 Å². The van der Waals surface area contributed by atoms with E-state index in [9.17, 15) is 4.79 Å². The summed E-state index contributed by atoms with van der Waals surface area (Å²) in [5.41, 5.74) is 0.247. The number of tetrazole rings is 1. The first-order valence-corrected chi connectivity index (χ1v) is 5.68. The number of aromatic amines is 1. The average Bonchev–Trinajstić information content (AvgIpc) is 2.98. The fourth-order valence-corrected chi connectivity index (χ4v) is 1.58. The number of nitrogens with one attached hydrogen (secondary N) is 2. The lowest BCUT2D eigenvalue weighted by Crippen LogP contribution is -2.29. The third kappa shape index (κ3) is 2.70. The van der Waals surface area contributed by atoms with E-state index >= 15 is 0 Å². The van der Waals surface area contributed by atoms with Crippen LogP contribution in [0.25, 0.3) is 0 Å². The normalized spacial score (nSPS) is 12.3. The first-order valence-electron chi connectivity index (χ1n) is 5.68. The highest BCUT2D eigenvalue weighted by molar-refractivity contribution is 5.92. The quantitative estimate of drug-likeness (QED) is 0.811. The summed E-state index contributed by atoms with van der Waals surface area (Å²) in [6, 6.07) is 1.30. The molecule has 0 unspecified atom stereocenters. The van der Waals surface area contributed by atoms with Gasteiger partial charge in [0.2, 0.25) is 0 Å². The van der Waals surface area contributed by atoms with E-state index in [4.69, 9.17) is 4.52 Å². The van der Waals surface area contributed by atoms with Crippen LogP contribution in [0.3, 0.4) is 0 Å². The highest BCUT2D eigenvalue weighted by Crippen LogP contribution is 2.14. The second-order valence-corrected chi connectivity index (χ2v) is 3.91. The Morgan fingerprint density at radius 1 is 1.61 bits per heavy atom. The average molecular weight is 250 g/mol. The molecule has 1 atom stereocenters. The Balaban J connectivity index is 2.07. The van der Waals surface area contributed by atoms with Crippen LogP contribution in [-0.2, 0) is 0 Å². The number of nitrogens with zero attached hydrogens (tertiary/aromatic N) is 4. The van der Waals surface area contributed by atoms with Crippen LogP contribution >= 0.6 is 0 Å². The van der Waals surface area contributed by atoms with Gasteiger partial charge in [0, 0.05) is 6.07 Å². The van der Waals surface area contributed by atoms with Crippen molar-refractivity contribution in [3.8, 4) is 0 Å². The lowest BCUT2D eigenvalue weighted by Gasteiger charge is -2.12. The molecule has 2 heterocycles. The smallest absolute Gasteiger partial charge is 0.274 e. The molecule has 96 valence electrons. The molecular formula is C10H14N6O2. The van der Waals surface area contributed by atoms with E-state index in [1.165, 1.54) is 0 Å². The summed E-state index contributed by atoms with van der Waals surface area (Å²) in [5, 5.41) is 20.1. The summed E-state index contributed by atoms with van der Waals surface area (Å²) < 4.78 is 4.86. The van der Waals surface area contributed by atoms with Crippen molar-refractivity contribution in [3.05, 3.63) is 23.3 Å². The Morgan fingerprint density at radius 3 is 3.00 bits per heavy atom. The number of aryl methyl sites for hydroxylation is 1. The number of hydrogen-bond donors (Lipinski definition) is 2. The van der Waals surface area contributed by atoms with E-state index in [1.54, 1.807) is 13.0 Å². The molecule has 2 rings (SSSR count). The molecule has 0 aliphatic heterocycles. The highest BCUT2D eigenvalue weighted by Gasteiger charge is 2.20. The van der Waals surface area contributed by atoms with E-state index in [0.717, 1.165) is 12.8 Å². The number of H-pyrrole nitrogens is 1. The van der Waals surface area contributed by atoms with Crippen LogP contribution in [0.4, 0.5) is 0 Å². The first kappa shape index (κ1) is 12.2. The minimum Gasteiger partial charge on any atom is -0.361 e. The van der Waals surface area contributed by atoms with Crippen molar-refractivity contribution in [3.63, 3.8) is 0 Å². The number of hydrogen-bond acceptors (Lipinski definition) is 6. The molecule has 1 amide bonds. The van der Waals surface area contributed by atoms with Crippen LogP contribution in [0.2, 0.25) is 0 Å². The lowest BCUT2D eigenvalue weighted by molar-refractivity contribution is 0.0923. The Kier molecular flexibility index (Phi) is 3.66. The zero-order valence-electron chi connectivity index (χ0n) is 10.2. The van der Waals surface area contributed by atoms with Gasteiger partial charge in [0.05, 0.1) is 6.04 Å². The van der Waals surface area contributed by atoms with Crippen LogP contribution in [0, 0.1) is 6.92 Å². The van der Waals surface area contributed by atoms with E-state index in [-0.39, 0.29) is 17.6 Å². The zero-order chi connectivity index (χ0) is 13.0. The van der Waals surface area contributed by atoms with Crippen molar-refractivity contribution in [2.24, 2.45) is 0 Å².